The van der Waals surface area contributed by atoms with Crippen LogP contribution >= 0.6 is 0 Å². The minimum atomic E-state index is -0.761. The molecule has 1 atom stereocenters. The average Bonchev–Trinajstić information content (AvgIpc) is 3.09. The van der Waals surface area contributed by atoms with Crippen molar-refractivity contribution in [1.82, 2.24) is 14.8 Å². The number of hydrogen-bond donors (Lipinski definition) is 1. The van der Waals surface area contributed by atoms with Crippen LogP contribution in [0.4, 0.5) is 4.39 Å². The zero-order valence-electron chi connectivity index (χ0n) is 15.5. The summed E-state index contributed by atoms with van der Waals surface area (Å²) >= 11 is 0. The third-order valence-electron chi connectivity index (χ3n) is 4.53. The number of aromatic nitrogens is 3. The van der Waals surface area contributed by atoms with Crippen LogP contribution in [0.1, 0.15) is 25.3 Å². The fourth-order valence-electron chi connectivity index (χ4n) is 2.98. The topological polar surface area (TPSA) is 83.0 Å². The summed E-state index contributed by atoms with van der Waals surface area (Å²) in [6, 6.07) is 5.73. The standard InChI is InChI=1S/C20H23FN4O2/c1-13-15(11-16(20(22)26)17(21)4-3-9-27-13)10-14-5-6-18(23-12-14)19-7-8-25(2)24-19/h5-8,11-13H,3-4,9-10H2,1-2H3,(H2,22,26)/b15-11-,17-16-. The number of ether oxygens (including phenoxy) is 1. The van der Waals surface area contributed by atoms with E-state index in [2.05, 4.69) is 10.1 Å². The molecule has 0 radical (unpaired) electrons. The SMILES string of the molecule is CC1OCCC/C(F)=C(C(N)=O)\C=C/1Cc1ccc(-c2ccn(C)n2)nc1. The second-order valence-corrected chi connectivity index (χ2v) is 6.62. The molecule has 142 valence electrons. The Morgan fingerprint density at radius 3 is 2.81 bits per heavy atom. The molecule has 0 aromatic carbocycles. The molecule has 1 aliphatic heterocycles. The van der Waals surface area contributed by atoms with Gasteiger partial charge in [0.1, 0.15) is 11.5 Å². The molecule has 27 heavy (non-hydrogen) atoms. The molecule has 2 aromatic rings. The molecule has 1 amide bonds. The Bertz CT molecular complexity index is 884. The lowest BCUT2D eigenvalue weighted by Gasteiger charge is -2.17. The highest BCUT2D eigenvalue weighted by atomic mass is 19.1. The third kappa shape index (κ3) is 4.68. The Labute approximate surface area is 157 Å². The largest absolute Gasteiger partial charge is 0.374 e. The Morgan fingerprint density at radius 1 is 1.37 bits per heavy atom. The molecule has 3 rings (SSSR count). The van der Waals surface area contributed by atoms with E-state index in [1.165, 1.54) is 6.08 Å². The van der Waals surface area contributed by atoms with Crippen LogP contribution in [-0.2, 0) is 23.0 Å². The van der Waals surface area contributed by atoms with Crippen LogP contribution in [0.25, 0.3) is 11.4 Å². The van der Waals surface area contributed by atoms with E-state index in [4.69, 9.17) is 10.5 Å². The normalized spacial score (nSPS) is 23.1. The first-order valence-corrected chi connectivity index (χ1v) is 8.89. The molecule has 6 nitrogen and oxygen atoms in total. The van der Waals surface area contributed by atoms with Gasteiger partial charge in [-0.25, -0.2) is 4.39 Å². The van der Waals surface area contributed by atoms with Crippen molar-refractivity contribution in [1.29, 1.82) is 0 Å². The molecule has 2 aromatic heterocycles. The van der Waals surface area contributed by atoms with Crippen LogP contribution in [0.5, 0.6) is 0 Å². The van der Waals surface area contributed by atoms with Crippen molar-refractivity contribution in [2.45, 2.75) is 32.3 Å². The molecule has 0 saturated heterocycles. The number of primary amides is 1. The van der Waals surface area contributed by atoms with Crippen molar-refractivity contribution < 1.29 is 13.9 Å². The number of nitrogens with two attached hydrogens (primary N) is 1. The molecule has 3 heterocycles. The van der Waals surface area contributed by atoms with Gasteiger partial charge in [-0.2, -0.15) is 5.10 Å². The molecule has 0 bridgehead atoms. The van der Waals surface area contributed by atoms with Gasteiger partial charge in [-0.05, 0) is 49.1 Å². The summed E-state index contributed by atoms with van der Waals surface area (Å²) in [5, 5.41) is 4.33. The summed E-state index contributed by atoms with van der Waals surface area (Å²) in [6.45, 7) is 2.32. The molecule has 1 aliphatic rings. The van der Waals surface area contributed by atoms with Crippen molar-refractivity contribution in [2.75, 3.05) is 6.61 Å². The van der Waals surface area contributed by atoms with E-state index >= 15 is 0 Å². The van der Waals surface area contributed by atoms with E-state index in [9.17, 15) is 9.18 Å². The van der Waals surface area contributed by atoms with E-state index < -0.39 is 11.7 Å². The summed E-state index contributed by atoms with van der Waals surface area (Å²) in [4.78, 5) is 16.1. The van der Waals surface area contributed by atoms with E-state index in [-0.39, 0.29) is 18.1 Å². The van der Waals surface area contributed by atoms with Gasteiger partial charge in [0.05, 0.1) is 17.4 Å². The first-order valence-electron chi connectivity index (χ1n) is 8.89. The summed E-state index contributed by atoms with van der Waals surface area (Å²) in [6.07, 6.45) is 6.04. The predicted molar refractivity (Wildman–Crippen MR) is 100 cm³/mol. The highest BCUT2D eigenvalue weighted by Crippen LogP contribution is 2.23. The molecule has 1 unspecified atom stereocenters. The quantitative estimate of drug-likeness (QED) is 0.897. The van der Waals surface area contributed by atoms with Crippen molar-refractivity contribution in [3.8, 4) is 11.4 Å². The lowest BCUT2D eigenvalue weighted by atomic mass is 9.98. The molecule has 0 saturated carbocycles. The smallest absolute Gasteiger partial charge is 0.251 e. The molecule has 0 aliphatic carbocycles. The fourth-order valence-corrected chi connectivity index (χ4v) is 2.98. The van der Waals surface area contributed by atoms with Crippen molar-refractivity contribution in [3.63, 3.8) is 0 Å². The zero-order valence-corrected chi connectivity index (χ0v) is 15.5. The third-order valence-corrected chi connectivity index (χ3v) is 4.53. The van der Waals surface area contributed by atoms with Crippen LogP contribution in [0, 0.1) is 0 Å². The summed E-state index contributed by atoms with van der Waals surface area (Å²) in [5.74, 6) is -1.25. The van der Waals surface area contributed by atoms with Gasteiger partial charge in [0.2, 0.25) is 0 Å². The predicted octanol–water partition coefficient (Wildman–Crippen LogP) is 2.86. The van der Waals surface area contributed by atoms with E-state index in [0.717, 1.165) is 22.5 Å². The van der Waals surface area contributed by atoms with Crippen molar-refractivity contribution >= 4 is 5.91 Å². The maximum Gasteiger partial charge on any atom is 0.251 e. The number of allylic oxidation sites excluding steroid dienone is 1. The summed E-state index contributed by atoms with van der Waals surface area (Å²) in [7, 11) is 1.85. The van der Waals surface area contributed by atoms with E-state index in [0.29, 0.717) is 19.4 Å². The summed E-state index contributed by atoms with van der Waals surface area (Å²) in [5.41, 5.74) is 8.59. The zero-order chi connectivity index (χ0) is 19.4. The van der Waals surface area contributed by atoms with Crippen molar-refractivity contribution in [3.05, 3.63) is 59.2 Å². The van der Waals surface area contributed by atoms with Crippen LogP contribution in [0.15, 0.2) is 53.6 Å². The van der Waals surface area contributed by atoms with Gasteiger partial charge in [-0.3, -0.25) is 14.5 Å². The number of halogens is 1. The van der Waals surface area contributed by atoms with Gasteiger partial charge >= 0.3 is 0 Å². The number of pyridine rings is 1. The Hall–Kier alpha value is -2.80. The molecule has 2 N–H and O–H groups in total. The fraction of sp³-hybridized carbons (Fsp3) is 0.350. The molecule has 0 fully saturated rings. The van der Waals surface area contributed by atoms with Crippen LogP contribution in [0.2, 0.25) is 0 Å². The van der Waals surface area contributed by atoms with Crippen LogP contribution < -0.4 is 5.73 Å². The van der Waals surface area contributed by atoms with Gasteiger partial charge in [0, 0.05) is 32.5 Å². The number of hydrogen-bond acceptors (Lipinski definition) is 4. The monoisotopic (exact) mass is 370 g/mol. The van der Waals surface area contributed by atoms with Crippen molar-refractivity contribution in [2.24, 2.45) is 12.8 Å². The lowest BCUT2D eigenvalue weighted by Crippen LogP contribution is -2.17. The number of carbonyl (C=O) groups excluding carboxylic acids is 1. The Kier molecular flexibility index (Phi) is 5.81. The van der Waals surface area contributed by atoms with Gasteiger partial charge in [0.15, 0.2) is 0 Å². The lowest BCUT2D eigenvalue weighted by molar-refractivity contribution is -0.114. The highest BCUT2D eigenvalue weighted by Gasteiger charge is 2.18. The first kappa shape index (κ1) is 19.0. The number of amides is 1. The van der Waals surface area contributed by atoms with E-state index in [1.54, 1.807) is 10.9 Å². The number of carbonyl (C=O) groups is 1. The number of rotatable bonds is 4. The van der Waals surface area contributed by atoms with E-state index in [1.807, 2.05) is 38.4 Å². The van der Waals surface area contributed by atoms with Gasteiger partial charge in [-0.1, -0.05) is 6.07 Å². The van der Waals surface area contributed by atoms with Gasteiger partial charge < -0.3 is 10.5 Å². The second-order valence-electron chi connectivity index (χ2n) is 6.62. The number of nitrogens with zero attached hydrogens (tertiary/aromatic N) is 3. The summed E-state index contributed by atoms with van der Waals surface area (Å²) < 4.78 is 21.8. The number of aryl methyl sites for hydroxylation is 1. The molecule has 7 heteroatoms. The van der Waals surface area contributed by atoms with Gasteiger partial charge in [-0.15, -0.1) is 0 Å². The van der Waals surface area contributed by atoms with Gasteiger partial charge in [0.25, 0.3) is 5.91 Å². The molecular weight excluding hydrogens is 347 g/mol. The Balaban J connectivity index is 1.86. The maximum atomic E-state index is 14.3. The first-order chi connectivity index (χ1) is 12.9. The van der Waals surface area contributed by atoms with Crippen LogP contribution in [0.3, 0.4) is 0 Å². The minimum Gasteiger partial charge on any atom is -0.374 e. The minimum absolute atomic E-state index is 0.0691. The Morgan fingerprint density at radius 2 is 2.19 bits per heavy atom. The molecule has 0 spiro atoms. The second kappa shape index (κ2) is 8.26. The highest BCUT2D eigenvalue weighted by molar-refractivity contribution is 5.95. The maximum absolute atomic E-state index is 14.3. The molecular formula is C20H23FN4O2. The van der Waals surface area contributed by atoms with Crippen LogP contribution in [-0.4, -0.2) is 33.4 Å². The average molecular weight is 370 g/mol.